The molecule has 1 amide bonds. The summed E-state index contributed by atoms with van der Waals surface area (Å²) in [6.07, 6.45) is 1.29. The van der Waals surface area contributed by atoms with E-state index in [4.69, 9.17) is 5.73 Å². The highest BCUT2D eigenvalue weighted by atomic mass is 16.5. The van der Waals surface area contributed by atoms with Crippen LogP contribution in [0.4, 0.5) is 11.6 Å². The van der Waals surface area contributed by atoms with Crippen LogP contribution in [0.3, 0.4) is 0 Å². The summed E-state index contributed by atoms with van der Waals surface area (Å²) in [5, 5.41) is 6.09. The zero-order chi connectivity index (χ0) is 10.7. The minimum atomic E-state index is -0.333. The Kier molecular flexibility index (Phi) is 2.37. The predicted molar refractivity (Wildman–Crippen MR) is 55.3 cm³/mol. The number of hydrogen-bond donors (Lipinski definition) is 2. The van der Waals surface area contributed by atoms with Crippen LogP contribution in [0.5, 0.6) is 0 Å². The number of nitrogens with zero attached hydrogens (tertiary/aromatic N) is 1. The lowest BCUT2D eigenvalue weighted by Crippen LogP contribution is -2.12. The molecule has 2 aromatic rings. The topological polar surface area (TPSA) is 81.2 Å². The van der Waals surface area contributed by atoms with Gasteiger partial charge in [0, 0.05) is 5.69 Å². The molecule has 76 valence electrons. The largest absolute Gasteiger partial charge is 0.367 e. The van der Waals surface area contributed by atoms with E-state index in [1.54, 1.807) is 12.1 Å². The van der Waals surface area contributed by atoms with Gasteiger partial charge >= 0.3 is 0 Å². The minimum Gasteiger partial charge on any atom is -0.367 e. The van der Waals surface area contributed by atoms with E-state index in [1.807, 2.05) is 18.2 Å². The molecule has 0 bridgehead atoms. The van der Waals surface area contributed by atoms with Crippen molar-refractivity contribution in [1.29, 1.82) is 0 Å². The molecule has 3 N–H and O–H groups in total. The molecule has 0 fully saturated rings. The van der Waals surface area contributed by atoms with Crippen molar-refractivity contribution < 1.29 is 9.32 Å². The molecule has 1 aromatic carbocycles. The summed E-state index contributed by atoms with van der Waals surface area (Å²) in [6.45, 7) is 0. The fraction of sp³-hybridized carbons (Fsp3) is 0. The van der Waals surface area contributed by atoms with Crippen molar-refractivity contribution in [3.63, 3.8) is 0 Å². The maximum atomic E-state index is 11.6. The lowest BCUT2D eigenvalue weighted by Gasteiger charge is -2.02. The van der Waals surface area contributed by atoms with Crippen molar-refractivity contribution in [2.45, 2.75) is 0 Å². The van der Waals surface area contributed by atoms with Crippen LogP contribution < -0.4 is 11.1 Å². The van der Waals surface area contributed by atoms with Crippen LogP contribution in [0.15, 0.2) is 41.1 Å². The Bertz CT molecular complexity index is 465. The summed E-state index contributed by atoms with van der Waals surface area (Å²) >= 11 is 0. The summed E-state index contributed by atoms with van der Waals surface area (Å²) < 4.78 is 4.59. The second kappa shape index (κ2) is 3.83. The second-order valence-corrected chi connectivity index (χ2v) is 2.92. The summed E-state index contributed by atoms with van der Waals surface area (Å²) in [5.74, 6) is -0.316. The van der Waals surface area contributed by atoms with Crippen molar-refractivity contribution in [3.05, 3.63) is 42.1 Å². The molecule has 15 heavy (non-hydrogen) atoms. The third-order valence-corrected chi connectivity index (χ3v) is 1.87. The number of carbonyl (C=O) groups is 1. The Morgan fingerprint density at radius 3 is 2.67 bits per heavy atom. The van der Waals surface area contributed by atoms with E-state index >= 15 is 0 Å². The van der Waals surface area contributed by atoms with Gasteiger partial charge in [-0.25, -0.2) is 0 Å². The number of hydrogen-bond acceptors (Lipinski definition) is 4. The van der Waals surface area contributed by atoms with Crippen molar-refractivity contribution in [1.82, 2.24) is 5.16 Å². The Morgan fingerprint density at radius 2 is 2.07 bits per heavy atom. The van der Waals surface area contributed by atoms with Crippen molar-refractivity contribution in [2.24, 2.45) is 0 Å². The van der Waals surface area contributed by atoms with E-state index in [-0.39, 0.29) is 17.4 Å². The molecule has 0 aliphatic carbocycles. The zero-order valence-electron chi connectivity index (χ0n) is 7.81. The Hall–Kier alpha value is -2.30. The van der Waals surface area contributed by atoms with E-state index in [0.29, 0.717) is 5.69 Å². The number of nitrogens with one attached hydrogen (secondary N) is 1. The maximum Gasteiger partial charge on any atom is 0.262 e. The zero-order valence-corrected chi connectivity index (χ0v) is 7.81. The lowest BCUT2D eigenvalue weighted by atomic mass is 10.3. The van der Waals surface area contributed by atoms with Crippen molar-refractivity contribution in [2.75, 3.05) is 11.1 Å². The summed E-state index contributed by atoms with van der Waals surface area (Å²) in [5.41, 5.74) is 6.34. The van der Waals surface area contributed by atoms with Gasteiger partial charge in [-0.2, -0.15) is 0 Å². The highest BCUT2D eigenvalue weighted by Gasteiger charge is 2.13. The van der Waals surface area contributed by atoms with Gasteiger partial charge < -0.3 is 15.6 Å². The van der Waals surface area contributed by atoms with Gasteiger partial charge in [-0.05, 0) is 12.1 Å². The number of nitrogen functional groups attached to an aromatic ring is 1. The quantitative estimate of drug-likeness (QED) is 0.775. The first-order valence-electron chi connectivity index (χ1n) is 4.34. The molecule has 1 aromatic heterocycles. The highest BCUT2D eigenvalue weighted by molar-refractivity contribution is 6.06. The molecule has 0 spiro atoms. The number of anilines is 2. The average molecular weight is 203 g/mol. The van der Waals surface area contributed by atoms with Crippen LogP contribution in [0.25, 0.3) is 0 Å². The monoisotopic (exact) mass is 203 g/mol. The molecule has 5 heteroatoms. The number of benzene rings is 1. The molecule has 0 saturated carbocycles. The first-order chi connectivity index (χ1) is 7.27. The molecule has 0 radical (unpaired) electrons. The van der Waals surface area contributed by atoms with E-state index in [1.165, 1.54) is 6.20 Å². The van der Waals surface area contributed by atoms with E-state index in [9.17, 15) is 4.79 Å². The third kappa shape index (κ3) is 1.96. The van der Waals surface area contributed by atoms with Crippen LogP contribution in [0, 0.1) is 0 Å². The SMILES string of the molecule is Nc1oncc1C(=O)Nc1ccccc1. The van der Waals surface area contributed by atoms with Gasteiger partial charge in [0.1, 0.15) is 5.56 Å². The van der Waals surface area contributed by atoms with Gasteiger partial charge in [-0.1, -0.05) is 23.4 Å². The lowest BCUT2D eigenvalue weighted by molar-refractivity contribution is 0.102. The van der Waals surface area contributed by atoms with Crippen molar-refractivity contribution in [3.8, 4) is 0 Å². The molecule has 0 unspecified atom stereocenters. The average Bonchev–Trinajstić information content (AvgIpc) is 2.66. The van der Waals surface area contributed by atoms with Gasteiger partial charge in [0.25, 0.3) is 5.91 Å². The molecule has 0 saturated heterocycles. The first kappa shape index (κ1) is 9.26. The molecule has 5 nitrogen and oxygen atoms in total. The van der Waals surface area contributed by atoms with Crippen LogP contribution >= 0.6 is 0 Å². The normalized spacial score (nSPS) is 9.87. The van der Waals surface area contributed by atoms with Crippen LogP contribution in [-0.2, 0) is 0 Å². The smallest absolute Gasteiger partial charge is 0.262 e. The Balaban J connectivity index is 2.15. The number of carbonyl (C=O) groups excluding carboxylic acids is 1. The number of aromatic nitrogens is 1. The molecule has 0 aliphatic rings. The van der Waals surface area contributed by atoms with Gasteiger partial charge in [0.2, 0.25) is 5.88 Å². The Morgan fingerprint density at radius 1 is 1.33 bits per heavy atom. The van der Waals surface area contributed by atoms with E-state index in [0.717, 1.165) is 0 Å². The fourth-order valence-electron chi connectivity index (χ4n) is 1.14. The molecular weight excluding hydrogens is 194 g/mol. The molecular formula is C10H9N3O2. The standard InChI is InChI=1S/C10H9N3O2/c11-9-8(6-12-15-9)10(14)13-7-4-2-1-3-5-7/h1-6H,11H2,(H,13,14). The summed E-state index contributed by atoms with van der Waals surface area (Å²) in [7, 11) is 0. The van der Waals surface area contributed by atoms with Crippen LogP contribution in [0.2, 0.25) is 0 Å². The van der Waals surface area contributed by atoms with Crippen LogP contribution in [0.1, 0.15) is 10.4 Å². The van der Waals surface area contributed by atoms with Crippen molar-refractivity contribution >= 4 is 17.5 Å². The third-order valence-electron chi connectivity index (χ3n) is 1.87. The van der Waals surface area contributed by atoms with Gasteiger partial charge in [0.15, 0.2) is 0 Å². The maximum absolute atomic E-state index is 11.6. The predicted octanol–water partition coefficient (Wildman–Crippen LogP) is 1.51. The molecule has 2 rings (SSSR count). The second-order valence-electron chi connectivity index (χ2n) is 2.92. The fourth-order valence-corrected chi connectivity index (χ4v) is 1.14. The number of nitrogens with two attached hydrogens (primary N) is 1. The van der Waals surface area contributed by atoms with Gasteiger partial charge in [-0.3, -0.25) is 4.79 Å². The first-order valence-corrected chi connectivity index (χ1v) is 4.34. The molecule has 0 aliphatic heterocycles. The van der Waals surface area contributed by atoms with E-state index < -0.39 is 0 Å². The van der Waals surface area contributed by atoms with Gasteiger partial charge in [-0.15, -0.1) is 0 Å². The molecule has 1 heterocycles. The summed E-state index contributed by atoms with van der Waals surface area (Å²) in [4.78, 5) is 11.6. The number of amides is 1. The number of para-hydroxylation sites is 1. The summed E-state index contributed by atoms with van der Waals surface area (Å²) in [6, 6.07) is 9.08. The van der Waals surface area contributed by atoms with Gasteiger partial charge in [0.05, 0.1) is 6.20 Å². The van der Waals surface area contributed by atoms with Crippen LogP contribution in [-0.4, -0.2) is 11.1 Å². The molecule has 0 atom stereocenters. The minimum absolute atomic E-state index is 0.0171. The Labute approximate surface area is 85.9 Å². The number of rotatable bonds is 2. The highest BCUT2D eigenvalue weighted by Crippen LogP contribution is 2.13. The van der Waals surface area contributed by atoms with E-state index in [2.05, 4.69) is 15.0 Å².